The third-order valence-electron chi connectivity index (χ3n) is 1.51. The van der Waals surface area contributed by atoms with Crippen LogP contribution in [0.1, 0.15) is 33.3 Å². The van der Waals surface area contributed by atoms with Crippen molar-refractivity contribution in [1.29, 1.82) is 0 Å². The molecule has 0 aliphatic heterocycles. The average Bonchev–Trinajstić information content (AvgIpc) is 2.33. The minimum atomic E-state index is -3.11. The van der Waals surface area contributed by atoms with Gasteiger partial charge in [-0.3, -0.25) is 0 Å². The van der Waals surface area contributed by atoms with Crippen molar-refractivity contribution in [1.82, 2.24) is 0 Å². The van der Waals surface area contributed by atoms with Crippen molar-refractivity contribution in [3.8, 4) is 0 Å². The van der Waals surface area contributed by atoms with E-state index in [1.165, 1.54) is 6.07 Å². The number of hydrogen-bond acceptors (Lipinski definition) is 4. The Balaban J connectivity index is 0. The fourth-order valence-electron chi connectivity index (χ4n) is 1.00. The van der Waals surface area contributed by atoms with Crippen molar-refractivity contribution in [2.75, 3.05) is 6.26 Å². The van der Waals surface area contributed by atoms with Crippen LogP contribution in [0.25, 0.3) is 0 Å². The Hall–Kier alpha value is -1.23. The fourth-order valence-corrected chi connectivity index (χ4v) is 1.81. The molecular formula is C12H21NO3S. The number of benzene rings is 1. The third-order valence-corrected chi connectivity index (χ3v) is 2.34. The monoisotopic (exact) mass is 259 g/mol. The molecule has 4 nitrogen and oxygen atoms in total. The van der Waals surface area contributed by atoms with Crippen LogP contribution in [0, 0.1) is 4.91 Å². The molecule has 1 aromatic rings. The van der Waals surface area contributed by atoms with E-state index < -0.39 is 9.84 Å². The molecule has 0 unspecified atom stereocenters. The Morgan fingerprint density at radius 1 is 1.06 bits per heavy atom. The van der Waals surface area contributed by atoms with Crippen LogP contribution in [0.2, 0.25) is 0 Å². The Bertz CT molecular complexity index is 414. The van der Waals surface area contributed by atoms with E-state index in [9.17, 15) is 13.3 Å². The second kappa shape index (κ2) is 9.96. The molecule has 0 aliphatic rings. The lowest BCUT2D eigenvalue weighted by Gasteiger charge is -2.00. The lowest BCUT2D eigenvalue weighted by atomic mass is 10.2. The molecule has 0 aromatic heterocycles. The minimum Gasteiger partial charge on any atom is -0.229 e. The predicted octanol–water partition coefficient (Wildman–Crippen LogP) is 3.68. The van der Waals surface area contributed by atoms with E-state index in [1.807, 2.05) is 27.7 Å². The van der Waals surface area contributed by atoms with E-state index in [4.69, 9.17) is 0 Å². The Morgan fingerprint density at radius 2 is 1.53 bits per heavy atom. The molecule has 0 heterocycles. The fraction of sp³-hybridized carbons (Fsp3) is 0.500. The quantitative estimate of drug-likeness (QED) is 0.778. The molecule has 0 spiro atoms. The molecule has 0 atom stereocenters. The molecule has 0 radical (unpaired) electrons. The van der Waals surface area contributed by atoms with Crippen molar-refractivity contribution in [3.63, 3.8) is 0 Å². The maximum atomic E-state index is 10.9. The highest BCUT2D eigenvalue weighted by atomic mass is 32.2. The summed E-state index contributed by atoms with van der Waals surface area (Å²) in [4.78, 5) is 10.3. The number of sulfone groups is 1. The van der Waals surface area contributed by atoms with Gasteiger partial charge in [-0.1, -0.05) is 45.9 Å². The Morgan fingerprint density at radius 3 is 1.94 bits per heavy atom. The van der Waals surface area contributed by atoms with Crippen LogP contribution in [-0.2, 0) is 15.6 Å². The largest absolute Gasteiger partial charge is 0.229 e. The van der Waals surface area contributed by atoms with E-state index >= 15 is 0 Å². The summed E-state index contributed by atoms with van der Waals surface area (Å²) in [7, 11) is -3.11. The van der Waals surface area contributed by atoms with Gasteiger partial charge in [0, 0.05) is 6.26 Å². The van der Waals surface area contributed by atoms with Gasteiger partial charge in [0.1, 0.15) is 5.69 Å². The molecule has 0 aliphatic carbocycles. The van der Waals surface area contributed by atoms with Crippen LogP contribution in [0.3, 0.4) is 0 Å². The predicted molar refractivity (Wildman–Crippen MR) is 73.1 cm³/mol. The number of rotatable bonds is 3. The third kappa shape index (κ3) is 8.56. The molecule has 0 saturated heterocycles. The summed E-state index contributed by atoms with van der Waals surface area (Å²) in [5.74, 6) is -0.144. The molecule has 1 rings (SSSR count). The van der Waals surface area contributed by atoms with Crippen LogP contribution in [0.4, 0.5) is 5.69 Å². The van der Waals surface area contributed by atoms with Gasteiger partial charge in [-0.25, -0.2) is 8.42 Å². The van der Waals surface area contributed by atoms with Gasteiger partial charge in [-0.2, -0.15) is 0 Å². The van der Waals surface area contributed by atoms with Gasteiger partial charge in [0.2, 0.25) is 0 Å². The highest BCUT2D eigenvalue weighted by Gasteiger charge is 2.08. The standard InChI is InChI=1S/C8H9NO3S.2C2H6/c1-13(11,12)6-7-4-2-3-5-8(7)9-10;2*1-2/h2-5H,6H2,1H3;2*1-2H3. The van der Waals surface area contributed by atoms with Gasteiger partial charge in [0.05, 0.1) is 5.75 Å². The Kier molecular flexibility index (Phi) is 10.6. The molecule has 1 aromatic carbocycles. The summed E-state index contributed by atoms with van der Waals surface area (Å²) < 4.78 is 21.9. The number of hydrogen-bond donors (Lipinski definition) is 0. The molecule has 0 bridgehead atoms. The molecule has 0 N–H and O–H groups in total. The van der Waals surface area contributed by atoms with E-state index in [-0.39, 0.29) is 11.4 Å². The second-order valence-electron chi connectivity index (χ2n) is 2.79. The first-order chi connectivity index (χ1) is 8.03. The van der Waals surface area contributed by atoms with Crippen LogP contribution < -0.4 is 0 Å². The van der Waals surface area contributed by atoms with Gasteiger partial charge in [0.15, 0.2) is 9.84 Å². The summed E-state index contributed by atoms with van der Waals surface area (Å²) in [5.41, 5.74) is 0.632. The highest BCUT2D eigenvalue weighted by Crippen LogP contribution is 2.19. The second-order valence-corrected chi connectivity index (χ2v) is 4.93. The first kappa shape index (κ1) is 18.1. The Labute approximate surface area is 104 Å². The highest BCUT2D eigenvalue weighted by molar-refractivity contribution is 7.89. The molecule has 0 saturated carbocycles. The molecule has 0 amide bonds. The number of nitroso groups, excluding NO2 is 1. The minimum absolute atomic E-state index is 0.144. The van der Waals surface area contributed by atoms with Gasteiger partial charge in [-0.15, -0.1) is 4.91 Å². The van der Waals surface area contributed by atoms with Crippen LogP contribution >= 0.6 is 0 Å². The van der Waals surface area contributed by atoms with Crippen molar-refractivity contribution >= 4 is 15.5 Å². The van der Waals surface area contributed by atoms with Crippen LogP contribution in [0.5, 0.6) is 0 Å². The first-order valence-corrected chi connectivity index (χ1v) is 7.68. The summed E-state index contributed by atoms with van der Waals surface area (Å²) in [6.45, 7) is 8.00. The maximum absolute atomic E-state index is 10.9. The van der Waals surface area contributed by atoms with E-state index in [0.29, 0.717) is 5.56 Å². The topological polar surface area (TPSA) is 63.6 Å². The molecule has 98 valence electrons. The zero-order chi connectivity index (χ0) is 13.9. The smallest absolute Gasteiger partial charge is 0.151 e. The average molecular weight is 259 g/mol. The lowest BCUT2D eigenvalue weighted by Crippen LogP contribution is -2.00. The van der Waals surface area contributed by atoms with Gasteiger partial charge in [0.25, 0.3) is 0 Å². The summed E-state index contributed by atoms with van der Waals surface area (Å²) >= 11 is 0. The summed E-state index contributed by atoms with van der Waals surface area (Å²) in [6, 6.07) is 6.39. The SMILES string of the molecule is CC.CC.CS(=O)(=O)Cc1ccccc1N=O. The van der Waals surface area contributed by atoms with Gasteiger partial charge < -0.3 is 0 Å². The first-order valence-electron chi connectivity index (χ1n) is 5.62. The van der Waals surface area contributed by atoms with E-state index in [2.05, 4.69) is 5.18 Å². The summed E-state index contributed by atoms with van der Waals surface area (Å²) in [5, 5.41) is 2.74. The maximum Gasteiger partial charge on any atom is 0.151 e. The molecular weight excluding hydrogens is 238 g/mol. The normalized spacial score (nSPS) is 9.24. The van der Waals surface area contributed by atoms with Crippen molar-refractivity contribution < 1.29 is 8.42 Å². The molecule has 17 heavy (non-hydrogen) atoms. The van der Waals surface area contributed by atoms with Gasteiger partial charge >= 0.3 is 0 Å². The summed E-state index contributed by atoms with van der Waals surface area (Å²) in [6.07, 6.45) is 1.12. The van der Waals surface area contributed by atoms with E-state index in [1.54, 1.807) is 18.2 Å². The lowest BCUT2D eigenvalue weighted by molar-refractivity contribution is 0.601. The van der Waals surface area contributed by atoms with Crippen LogP contribution in [0.15, 0.2) is 29.4 Å². The van der Waals surface area contributed by atoms with Crippen molar-refractivity contribution in [2.45, 2.75) is 33.4 Å². The zero-order valence-electron chi connectivity index (χ0n) is 11.1. The molecule has 5 heteroatoms. The van der Waals surface area contributed by atoms with Crippen molar-refractivity contribution in [3.05, 3.63) is 34.7 Å². The van der Waals surface area contributed by atoms with Gasteiger partial charge in [-0.05, 0) is 16.8 Å². The molecule has 0 fully saturated rings. The van der Waals surface area contributed by atoms with E-state index in [0.717, 1.165) is 6.26 Å². The number of nitrogens with zero attached hydrogens (tertiary/aromatic N) is 1. The van der Waals surface area contributed by atoms with Crippen molar-refractivity contribution in [2.24, 2.45) is 5.18 Å². The van der Waals surface area contributed by atoms with Crippen LogP contribution in [-0.4, -0.2) is 14.7 Å². The zero-order valence-corrected chi connectivity index (χ0v) is 11.9.